The molecule has 2 aliphatic heterocycles. The number of hydrogen-bond acceptors (Lipinski definition) is 6. The lowest BCUT2D eigenvalue weighted by Crippen LogP contribution is -2.49. The Morgan fingerprint density at radius 2 is 1.74 bits per heavy atom. The minimum atomic E-state index is -0.372. The van der Waals surface area contributed by atoms with Crippen molar-refractivity contribution in [1.82, 2.24) is 19.8 Å². The number of anilines is 2. The summed E-state index contributed by atoms with van der Waals surface area (Å²) in [6.45, 7) is 8.71. The zero-order chi connectivity index (χ0) is 24.0. The quantitative estimate of drug-likeness (QED) is 0.694. The van der Waals surface area contributed by atoms with Gasteiger partial charge in [0.2, 0.25) is 5.91 Å². The average Bonchev–Trinajstić information content (AvgIpc) is 3.60. The molecule has 0 radical (unpaired) electrons. The van der Waals surface area contributed by atoms with Gasteiger partial charge < -0.3 is 9.80 Å². The van der Waals surface area contributed by atoms with E-state index in [0.717, 1.165) is 18.9 Å². The van der Waals surface area contributed by atoms with Crippen LogP contribution in [0.4, 0.5) is 16.4 Å². The Bertz CT molecular complexity index is 1150. The third kappa shape index (κ3) is 4.10. The number of rotatable bonds is 4. The molecule has 9 nitrogen and oxygen atoms in total. The van der Waals surface area contributed by atoms with E-state index in [0.29, 0.717) is 49.2 Å². The minimum Gasteiger partial charge on any atom is -0.353 e. The van der Waals surface area contributed by atoms with Crippen LogP contribution < -0.4 is 9.80 Å². The molecule has 0 N–H and O–H groups in total. The van der Waals surface area contributed by atoms with E-state index in [-0.39, 0.29) is 17.8 Å². The van der Waals surface area contributed by atoms with Crippen LogP contribution in [0.1, 0.15) is 52.9 Å². The predicted octanol–water partition coefficient (Wildman–Crippen LogP) is 2.72. The van der Waals surface area contributed by atoms with Crippen molar-refractivity contribution in [2.24, 2.45) is 0 Å². The summed E-state index contributed by atoms with van der Waals surface area (Å²) in [6.07, 6.45) is 4.54. The molecule has 178 valence electrons. The predicted molar refractivity (Wildman–Crippen MR) is 128 cm³/mol. The Morgan fingerprint density at radius 1 is 1.00 bits per heavy atom. The highest BCUT2D eigenvalue weighted by Crippen LogP contribution is 2.40. The smallest absolute Gasteiger partial charge is 0.332 e. The second-order valence-corrected chi connectivity index (χ2v) is 9.37. The largest absolute Gasteiger partial charge is 0.353 e. The van der Waals surface area contributed by atoms with Crippen molar-refractivity contribution in [3.63, 3.8) is 0 Å². The van der Waals surface area contributed by atoms with Crippen LogP contribution in [-0.4, -0.2) is 76.9 Å². The molecule has 3 aliphatic rings. The van der Waals surface area contributed by atoms with Crippen molar-refractivity contribution < 1.29 is 14.4 Å². The van der Waals surface area contributed by atoms with Crippen molar-refractivity contribution in [3.8, 4) is 0 Å². The fourth-order valence-electron chi connectivity index (χ4n) is 4.82. The van der Waals surface area contributed by atoms with Gasteiger partial charge in [-0.25, -0.2) is 14.8 Å². The lowest BCUT2D eigenvalue weighted by Gasteiger charge is -2.36. The molecule has 2 aromatic rings. The van der Waals surface area contributed by atoms with Crippen LogP contribution >= 0.6 is 0 Å². The van der Waals surface area contributed by atoms with Crippen molar-refractivity contribution in [3.05, 3.63) is 46.8 Å². The van der Waals surface area contributed by atoms with Crippen LogP contribution in [-0.2, 0) is 4.79 Å². The summed E-state index contributed by atoms with van der Waals surface area (Å²) in [5, 5.41) is 0. The molecule has 0 aromatic carbocycles. The van der Waals surface area contributed by atoms with Gasteiger partial charge in [0.05, 0.1) is 11.3 Å². The summed E-state index contributed by atoms with van der Waals surface area (Å²) in [5.74, 6) is 1.83. The second-order valence-electron chi connectivity index (χ2n) is 9.37. The van der Waals surface area contributed by atoms with Gasteiger partial charge in [0.15, 0.2) is 0 Å². The number of hydrogen-bond donors (Lipinski definition) is 0. The first kappa shape index (κ1) is 22.3. The molecule has 1 saturated carbocycles. The van der Waals surface area contributed by atoms with Gasteiger partial charge in [-0.15, -0.1) is 0 Å². The summed E-state index contributed by atoms with van der Waals surface area (Å²) < 4.78 is 0. The molecule has 0 spiro atoms. The molecule has 1 aliphatic carbocycles. The van der Waals surface area contributed by atoms with Gasteiger partial charge in [0, 0.05) is 52.4 Å². The first-order valence-corrected chi connectivity index (χ1v) is 11.9. The van der Waals surface area contributed by atoms with Gasteiger partial charge in [-0.3, -0.25) is 19.4 Å². The molecule has 4 amide bonds. The minimum absolute atomic E-state index is 0.0527. The summed E-state index contributed by atoms with van der Waals surface area (Å²) >= 11 is 0. The Hall–Kier alpha value is -3.49. The van der Waals surface area contributed by atoms with E-state index in [9.17, 15) is 14.4 Å². The Labute approximate surface area is 199 Å². The second kappa shape index (κ2) is 8.70. The molecule has 34 heavy (non-hydrogen) atoms. The molecular formula is C25H30N6O3. The van der Waals surface area contributed by atoms with Gasteiger partial charge >= 0.3 is 6.03 Å². The zero-order valence-electron chi connectivity index (χ0n) is 20.0. The summed E-state index contributed by atoms with van der Waals surface area (Å²) in [6, 6.07) is 5.31. The third-order valence-corrected chi connectivity index (χ3v) is 6.95. The number of imide groups is 1. The molecule has 2 aromatic heterocycles. The van der Waals surface area contributed by atoms with Crippen LogP contribution in [0.2, 0.25) is 0 Å². The number of aromatic nitrogens is 2. The summed E-state index contributed by atoms with van der Waals surface area (Å²) in [7, 11) is 0. The van der Waals surface area contributed by atoms with Crippen molar-refractivity contribution in [1.29, 1.82) is 0 Å². The molecule has 0 bridgehead atoms. The number of carbonyl (C=O) groups is 3. The Kier molecular flexibility index (Phi) is 5.71. The molecule has 3 fully saturated rings. The third-order valence-electron chi connectivity index (χ3n) is 6.95. The van der Waals surface area contributed by atoms with E-state index in [1.54, 1.807) is 19.1 Å². The number of carbonyl (C=O) groups excluding carboxylic acids is 3. The molecule has 9 heteroatoms. The fraction of sp³-hybridized carbons (Fsp3) is 0.480. The molecule has 4 heterocycles. The maximum Gasteiger partial charge on any atom is 0.332 e. The number of pyridine rings is 2. The number of amides is 4. The van der Waals surface area contributed by atoms with E-state index in [1.165, 1.54) is 40.7 Å². The van der Waals surface area contributed by atoms with Crippen LogP contribution in [0.25, 0.3) is 0 Å². The van der Waals surface area contributed by atoms with Gasteiger partial charge in [-0.2, -0.15) is 0 Å². The maximum atomic E-state index is 13.2. The molecule has 0 unspecified atom stereocenters. The van der Waals surface area contributed by atoms with Gasteiger partial charge in [0.1, 0.15) is 11.6 Å². The van der Waals surface area contributed by atoms with Crippen molar-refractivity contribution in [2.75, 3.05) is 49.1 Å². The van der Waals surface area contributed by atoms with Crippen LogP contribution in [0, 0.1) is 13.8 Å². The van der Waals surface area contributed by atoms with Gasteiger partial charge in [-0.1, -0.05) is 6.07 Å². The van der Waals surface area contributed by atoms with E-state index < -0.39 is 0 Å². The molecule has 0 atom stereocenters. The first-order valence-electron chi connectivity index (χ1n) is 11.9. The van der Waals surface area contributed by atoms with Crippen LogP contribution in [0.3, 0.4) is 0 Å². The average molecular weight is 463 g/mol. The van der Waals surface area contributed by atoms with E-state index in [4.69, 9.17) is 4.98 Å². The van der Waals surface area contributed by atoms with E-state index in [2.05, 4.69) is 22.9 Å². The van der Waals surface area contributed by atoms with E-state index in [1.807, 2.05) is 11.1 Å². The number of piperazine rings is 1. The maximum absolute atomic E-state index is 13.2. The normalized spacial score (nSPS) is 18.6. The lowest BCUT2D eigenvalue weighted by atomic mass is 10.1. The Morgan fingerprint density at radius 3 is 2.32 bits per heavy atom. The number of urea groups is 1. The summed E-state index contributed by atoms with van der Waals surface area (Å²) in [5.41, 5.74) is 3.65. The topological polar surface area (TPSA) is 90.0 Å². The van der Waals surface area contributed by atoms with Crippen LogP contribution in [0.15, 0.2) is 24.4 Å². The number of nitrogens with zero attached hydrogens (tertiary/aromatic N) is 6. The lowest BCUT2D eigenvalue weighted by molar-refractivity contribution is -0.125. The SMILES string of the molecule is CC(=O)N1CCN(c2ccc(C(=O)N3CCN(c4ncc(C5CC5)cc4C)CC3)c(C)n2)C1=O. The van der Waals surface area contributed by atoms with Crippen LogP contribution in [0.5, 0.6) is 0 Å². The molecule has 5 rings (SSSR count). The highest BCUT2D eigenvalue weighted by molar-refractivity contribution is 6.04. The highest BCUT2D eigenvalue weighted by Gasteiger charge is 2.33. The monoisotopic (exact) mass is 462 g/mol. The van der Waals surface area contributed by atoms with Crippen molar-refractivity contribution in [2.45, 2.75) is 39.5 Å². The first-order chi connectivity index (χ1) is 16.3. The fourth-order valence-corrected chi connectivity index (χ4v) is 4.82. The molecular weight excluding hydrogens is 432 g/mol. The number of aryl methyl sites for hydroxylation is 2. The van der Waals surface area contributed by atoms with E-state index >= 15 is 0 Å². The van der Waals surface area contributed by atoms with Gasteiger partial charge in [-0.05, 0) is 55.9 Å². The zero-order valence-corrected chi connectivity index (χ0v) is 20.0. The van der Waals surface area contributed by atoms with Gasteiger partial charge in [0.25, 0.3) is 5.91 Å². The van der Waals surface area contributed by atoms with Crippen molar-refractivity contribution >= 4 is 29.5 Å². The highest BCUT2D eigenvalue weighted by atomic mass is 16.2. The Balaban J connectivity index is 1.23. The molecule has 2 saturated heterocycles. The standard InChI is InChI=1S/C25H30N6O3/c1-16-14-20(19-4-5-19)15-26-23(16)28-8-10-29(11-9-28)24(33)21-6-7-22(27-17(21)2)31-13-12-30(18(3)32)25(31)34/h6-7,14-15,19H,4-5,8-13H2,1-3H3. The summed E-state index contributed by atoms with van der Waals surface area (Å²) in [4.78, 5) is 53.3.